The van der Waals surface area contributed by atoms with Crippen molar-refractivity contribution in [2.75, 3.05) is 12.3 Å². The molecule has 0 radical (unpaired) electrons. The van der Waals surface area contributed by atoms with E-state index in [0.29, 0.717) is 11.4 Å². The Morgan fingerprint density at radius 3 is 2.55 bits per heavy atom. The first-order chi connectivity index (χ1) is 9.59. The van der Waals surface area contributed by atoms with Crippen molar-refractivity contribution < 1.29 is 8.42 Å². The summed E-state index contributed by atoms with van der Waals surface area (Å²) >= 11 is 0. The molecular weight excluding hydrogens is 272 g/mol. The standard InChI is InChI=1S/C15H18N2O2S/c1-13(14-6-5-9-16-12-14)17-10-11-20(18,19)15-7-3-2-4-8-15/h2-9,12-13,17H,10-11H2,1H3. The van der Waals surface area contributed by atoms with Gasteiger partial charge < -0.3 is 5.32 Å². The van der Waals surface area contributed by atoms with Gasteiger partial charge in [-0.15, -0.1) is 0 Å². The molecule has 0 amide bonds. The lowest BCUT2D eigenvalue weighted by atomic mass is 10.1. The summed E-state index contributed by atoms with van der Waals surface area (Å²) in [6, 6.07) is 12.4. The molecule has 0 aliphatic rings. The number of aromatic nitrogens is 1. The van der Waals surface area contributed by atoms with E-state index in [4.69, 9.17) is 0 Å². The lowest BCUT2D eigenvalue weighted by molar-refractivity contribution is 0.571. The van der Waals surface area contributed by atoms with Crippen molar-refractivity contribution in [1.82, 2.24) is 10.3 Å². The Balaban J connectivity index is 1.90. The van der Waals surface area contributed by atoms with E-state index in [-0.39, 0.29) is 11.8 Å². The maximum Gasteiger partial charge on any atom is 0.179 e. The summed E-state index contributed by atoms with van der Waals surface area (Å²) in [5, 5.41) is 3.21. The minimum absolute atomic E-state index is 0.0784. The Morgan fingerprint density at radius 2 is 1.90 bits per heavy atom. The van der Waals surface area contributed by atoms with Crippen molar-refractivity contribution in [3.63, 3.8) is 0 Å². The molecule has 1 aromatic heterocycles. The molecule has 0 saturated heterocycles. The van der Waals surface area contributed by atoms with Gasteiger partial charge in [0.05, 0.1) is 10.6 Å². The molecule has 0 spiro atoms. The highest BCUT2D eigenvalue weighted by Gasteiger charge is 2.14. The molecule has 0 fully saturated rings. The van der Waals surface area contributed by atoms with Crippen molar-refractivity contribution in [2.45, 2.75) is 17.9 Å². The van der Waals surface area contributed by atoms with E-state index >= 15 is 0 Å². The van der Waals surface area contributed by atoms with E-state index in [9.17, 15) is 8.42 Å². The highest BCUT2D eigenvalue weighted by molar-refractivity contribution is 7.91. The highest BCUT2D eigenvalue weighted by Crippen LogP contribution is 2.12. The maximum absolute atomic E-state index is 12.1. The zero-order valence-electron chi connectivity index (χ0n) is 11.4. The van der Waals surface area contributed by atoms with Gasteiger partial charge in [0.1, 0.15) is 0 Å². The Bertz CT molecular complexity index is 627. The van der Waals surface area contributed by atoms with Gasteiger partial charge >= 0.3 is 0 Å². The molecule has 2 aromatic rings. The Morgan fingerprint density at radius 1 is 1.15 bits per heavy atom. The van der Waals surface area contributed by atoms with Crippen LogP contribution in [0.15, 0.2) is 59.8 Å². The second kappa shape index (κ2) is 6.63. The van der Waals surface area contributed by atoms with Crippen LogP contribution in [-0.4, -0.2) is 25.7 Å². The van der Waals surface area contributed by atoms with Gasteiger partial charge in [0.2, 0.25) is 0 Å². The number of rotatable bonds is 6. The number of nitrogens with zero attached hydrogens (tertiary/aromatic N) is 1. The highest BCUT2D eigenvalue weighted by atomic mass is 32.2. The minimum Gasteiger partial charge on any atom is -0.309 e. The van der Waals surface area contributed by atoms with Crippen LogP contribution in [0.2, 0.25) is 0 Å². The molecule has 5 heteroatoms. The second-order valence-corrected chi connectivity index (χ2v) is 6.70. The zero-order chi connectivity index (χ0) is 14.4. The van der Waals surface area contributed by atoms with E-state index in [1.807, 2.05) is 25.1 Å². The van der Waals surface area contributed by atoms with E-state index in [0.717, 1.165) is 5.56 Å². The fourth-order valence-electron chi connectivity index (χ4n) is 1.91. The molecule has 0 saturated carbocycles. The first-order valence-corrected chi connectivity index (χ1v) is 8.16. The summed E-state index contributed by atoms with van der Waals surface area (Å²) in [6.45, 7) is 2.40. The van der Waals surface area contributed by atoms with Gasteiger partial charge in [-0.25, -0.2) is 8.42 Å². The number of pyridine rings is 1. The average molecular weight is 290 g/mol. The van der Waals surface area contributed by atoms with Gasteiger partial charge in [0.15, 0.2) is 9.84 Å². The maximum atomic E-state index is 12.1. The molecule has 0 aliphatic carbocycles. The third-order valence-electron chi connectivity index (χ3n) is 3.11. The smallest absolute Gasteiger partial charge is 0.179 e. The molecule has 2 rings (SSSR count). The molecule has 0 bridgehead atoms. The molecule has 0 aliphatic heterocycles. The lowest BCUT2D eigenvalue weighted by Gasteiger charge is -2.13. The van der Waals surface area contributed by atoms with E-state index < -0.39 is 9.84 Å². The number of hydrogen-bond donors (Lipinski definition) is 1. The average Bonchev–Trinajstić information content (AvgIpc) is 2.49. The number of benzene rings is 1. The topological polar surface area (TPSA) is 59.1 Å². The summed E-state index contributed by atoms with van der Waals surface area (Å²) in [5.74, 6) is 0.0849. The quantitative estimate of drug-likeness (QED) is 0.886. The van der Waals surface area contributed by atoms with E-state index in [1.54, 1.807) is 36.7 Å². The second-order valence-electron chi connectivity index (χ2n) is 4.59. The van der Waals surface area contributed by atoms with Crippen LogP contribution in [-0.2, 0) is 9.84 Å². The van der Waals surface area contributed by atoms with Crippen LogP contribution in [0.1, 0.15) is 18.5 Å². The SMILES string of the molecule is CC(NCCS(=O)(=O)c1ccccc1)c1cccnc1. The van der Waals surface area contributed by atoms with Crippen LogP contribution in [0.25, 0.3) is 0 Å². The first kappa shape index (κ1) is 14.7. The molecule has 1 atom stereocenters. The normalized spacial score (nSPS) is 13.1. The third kappa shape index (κ3) is 3.88. The van der Waals surface area contributed by atoms with Gasteiger partial charge in [-0.3, -0.25) is 4.98 Å². The predicted molar refractivity (Wildman–Crippen MR) is 79.1 cm³/mol. The zero-order valence-corrected chi connectivity index (χ0v) is 12.2. The molecule has 1 N–H and O–H groups in total. The Kier molecular flexibility index (Phi) is 4.87. The van der Waals surface area contributed by atoms with Crippen molar-refractivity contribution in [3.8, 4) is 0 Å². The monoisotopic (exact) mass is 290 g/mol. The Labute approximate surface area is 119 Å². The minimum atomic E-state index is -3.22. The van der Waals surface area contributed by atoms with Gasteiger partial charge in [-0.1, -0.05) is 24.3 Å². The van der Waals surface area contributed by atoms with Crippen LogP contribution in [0.3, 0.4) is 0 Å². The van der Waals surface area contributed by atoms with Crippen molar-refractivity contribution in [1.29, 1.82) is 0 Å². The van der Waals surface area contributed by atoms with Gasteiger partial charge in [-0.05, 0) is 30.7 Å². The molecule has 20 heavy (non-hydrogen) atoms. The van der Waals surface area contributed by atoms with Crippen molar-refractivity contribution in [2.24, 2.45) is 0 Å². The summed E-state index contributed by atoms with van der Waals surface area (Å²) < 4.78 is 24.2. The molecule has 4 nitrogen and oxygen atoms in total. The molecule has 106 valence electrons. The van der Waals surface area contributed by atoms with Crippen LogP contribution in [0, 0.1) is 0 Å². The summed E-state index contributed by atoms with van der Waals surface area (Å²) in [4.78, 5) is 4.42. The fourth-order valence-corrected chi connectivity index (χ4v) is 3.10. The van der Waals surface area contributed by atoms with Crippen molar-refractivity contribution in [3.05, 3.63) is 60.4 Å². The van der Waals surface area contributed by atoms with Crippen LogP contribution >= 0.6 is 0 Å². The van der Waals surface area contributed by atoms with E-state index in [1.165, 1.54) is 0 Å². The van der Waals surface area contributed by atoms with Crippen molar-refractivity contribution >= 4 is 9.84 Å². The van der Waals surface area contributed by atoms with Gasteiger partial charge in [-0.2, -0.15) is 0 Å². The Hall–Kier alpha value is -1.72. The number of nitrogens with one attached hydrogen (secondary N) is 1. The van der Waals surface area contributed by atoms with Crippen LogP contribution in [0.5, 0.6) is 0 Å². The summed E-state index contributed by atoms with van der Waals surface area (Å²) in [6.07, 6.45) is 3.50. The first-order valence-electron chi connectivity index (χ1n) is 6.51. The number of sulfone groups is 1. The van der Waals surface area contributed by atoms with E-state index in [2.05, 4.69) is 10.3 Å². The molecule has 1 aromatic carbocycles. The summed E-state index contributed by atoms with van der Waals surface area (Å²) in [5.41, 5.74) is 1.05. The predicted octanol–water partition coefficient (Wildman–Crippen LogP) is 2.21. The van der Waals surface area contributed by atoms with Gasteiger partial charge in [0, 0.05) is 25.0 Å². The van der Waals surface area contributed by atoms with Crippen LogP contribution < -0.4 is 5.32 Å². The number of hydrogen-bond acceptors (Lipinski definition) is 4. The van der Waals surface area contributed by atoms with Crippen LogP contribution in [0.4, 0.5) is 0 Å². The third-order valence-corrected chi connectivity index (χ3v) is 4.84. The lowest BCUT2D eigenvalue weighted by Crippen LogP contribution is -2.25. The largest absolute Gasteiger partial charge is 0.309 e. The molecule has 1 unspecified atom stereocenters. The molecular formula is C15H18N2O2S. The summed E-state index contributed by atoms with van der Waals surface area (Å²) in [7, 11) is -3.22. The molecule has 1 heterocycles. The fraction of sp³-hybridized carbons (Fsp3) is 0.267. The van der Waals surface area contributed by atoms with Gasteiger partial charge in [0.25, 0.3) is 0 Å².